The summed E-state index contributed by atoms with van der Waals surface area (Å²) in [5.74, 6) is -0.0115. The van der Waals surface area contributed by atoms with Crippen LogP contribution in [0, 0.1) is 6.92 Å². The van der Waals surface area contributed by atoms with Gasteiger partial charge in [-0.2, -0.15) is 0 Å². The van der Waals surface area contributed by atoms with Gasteiger partial charge in [0, 0.05) is 16.1 Å². The molecule has 0 bridgehead atoms. The number of hydrogen-bond acceptors (Lipinski definition) is 4. The van der Waals surface area contributed by atoms with Crippen molar-refractivity contribution in [3.05, 3.63) is 68.8 Å². The first-order valence-electron chi connectivity index (χ1n) is 8.08. The van der Waals surface area contributed by atoms with Crippen LogP contribution in [0.3, 0.4) is 0 Å². The fraction of sp³-hybridized carbons (Fsp3) is 0.100. The number of halogens is 1. The van der Waals surface area contributed by atoms with Crippen LogP contribution in [0.15, 0.2) is 58.4 Å². The average molecular weight is 443 g/mol. The Morgan fingerprint density at radius 3 is 2.62 bits per heavy atom. The van der Waals surface area contributed by atoms with Crippen molar-refractivity contribution < 1.29 is 4.79 Å². The zero-order chi connectivity index (χ0) is 18.1. The molecule has 26 heavy (non-hydrogen) atoms. The number of benzene rings is 2. The first-order chi connectivity index (χ1) is 12.6. The fourth-order valence-electron chi connectivity index (χ4n) is 2.66. The maximum absolute atomic E-state index is 12.2. The van der Waals surface area contributed by atoms with E-state index in [1.807, 2.05) is 36.4 Å². The number of aromatic nitrogens is 1. The molecule has 3 nitrogen and oxygen atoms in total. The standard InChI is InChI=1S/C20H15BrN2OS2/c1-12-2-8-16-17(10-12)26-20(23-16)13-3-5-14(6-4-13)22-19(24)11-15-7-9-18(21)25-15/h2-10H,11H2,1H3,(H,22,24). The predicted octanol–water partition coefficient (Wildman–Crippen LogP) is 6.28. The SMILES string of the molecule is Cc1ccc2nc(-c3ccc(NC(=O)Cc4ccc(Br)s4)cc3)sc2c1. The van der Waals surface area contributed by atoms with Crippen LogP contribution >= 0.6 is 38.6 Å². The minimum absolute atomic E-state index is 0.0115. The van der Waals surface area contributed by atoms with Gasteiger partial charge in [-0.3, -0.25) is 4.79 Å². The van der Waals surface area contributed by atoms with Crippen molar-refractivity contribution in [2.24, 2.45) is 0 Å². The summed E-state index contributed by atoms with van der Waals surface area (Å²) in [4.78, 5) is 17.9. The van der Waals surface area contributed by atoms with Gasteiger partial charge in [-0.25, -0.2) is 4.98 Å². The zero-order valence-corrected chi connectivity index (χ0v) is 17.2. The van der Waals surface area contributed by atoms with Gasteiger partial charge in [-0.1, -0.05) is 6.07 Å². The van der Waals surface area contributed by atoms with E-state index in [2.05, 4.69) is 46.4 Å². The van der Waals surface area contributed by atoms with E-state index in [0.717, 1.165) is 30.4 Å². The molecule has 4 aromatic rings. The number of carbonyl (C=O) groups excluding carboxylic acids is 1. The molecule has 0 aliphatic heterocycles. The molecule has 0 aliphatic carbocycles. The van der Waals surface area contributed by atoms with E-state index in [1.54, 1.807) is 22.7 Å². The molecule has 0 atom stereocenters. The largest absolute Gasteiger partial charge is 0.326 e. The fourth-order valence-corrected chi connectivity index (χ4v) is 5.21. The number of anilines is 1. The van der Waals surface area contributed by atoms with Crippen LogP contribution in [0.2, 0.25) is 0 Å². The van der Waals surface area contributed by atoms with Crippen molar-refractivity contribution in [2.45, 2.75) is 13.3 Å². The Kier molecular flexibility index (Phi) is 4.89. The van der Waals surface area contributed by atoms with Gasteiger partial charge in [0.05, 0.1) is 20.4 Å². The topological polar surface area (TPSA) is 42.0 Å². The molecule has 0 saturated carbocycles. The molecule has 0 saturated heterocycles. The van der Waals surface area contributed by atoms with E-state index in [4.69, 9.17) is 4.98 Å². The number of thiazole rings is 1. The second-order valence-electron chi connectivity index (χ2n) is 6.00. The monoisotopic (exact) mass is 442 g/mol. The number of hydrogen-bond donors (Lipinski definition) is 1. The molecule has 0 fully saturated rings. The van der Waals surface area contributed by atoms with Crippen LogP contribution in [0.4, 0.5) is 5.69 Å². The summed E-state index contributed by atoms with van der Waals surface area (Å²) in [6.45, 7) is 2.09. The Morgan fingerprint density at radius 2 is 1.88 bits per heavy atom. The molecule has 0 aliphatic rings. The summed E-state index contributed by atoms with van der Waals surface area (Å²) in [7, 11) is 0. The summed E-state index contributed by atoms with van der Waals surface area (Å²) in [5, 5.41) is 3.94. The molecular formula is C20H15BrN2OS2. The van der Waals surface area contributed by atoms with Crippen molar-refractivity contribution in [3.63, 3.8) is 0 Å². The van der Waals surface area contributed by atoms with Gasteiger partial charge in [0.2, 0.25) is 5.91 Å². The van der Waals surface area contributed by atoms with Crippen LogP contribution in [0.5, 0.6) is 0 Å². The van der Waals surface area contributed by atoms with E-state index in [1.165, 1.54) is 10.3 Å². The lowest BCUT2D eigenvalue weighted by Gasteiger charge is -2.05. The summed E-state index contributed by atoms with van der Waals surface area (Å²) in [6.07, 6.45) is 0.384. The molecular weight excluding hydrogens is 428 g/mol. The summed E-state index contributed by atoms with van der Waals surface area (Å²) in [5.41, 5.74) is 4.12. The lowest BCUT2D eigenvalue weighted by Crippen LogP contribution is -2.13. The Hall–Kier alpha value is -2.02. The lowest BCUT2D eigenvalue weighted by atomic mass is 10.2. The van der Waals surface area contributed by atoms with E-state index in [0.29, 0.717) is 6.42 Å². The molecule has 0 spiro atoms. The van der Waals surface area contributed by atoms with Gasteiger partial charge in [0.25, 0.3) is 0 Å². The molecule has 2 aromatic heterocycles. The van der Waals surface area contributed by atoms with Crippen molar-refractivity contribution in [1.82, 2.24) is 4.98 Å². The number of amides is 1. The first kappa shape index (κ1) is 17.4. The van der Waals surface area contributed by atoms with E-state index >= 15 is 0 Å². The van der Waals surface area contributed by atoms with Gasteiger partial charge < -0.3 is 5.32 Å². The normalized spacial score (nSPS) is 11.0. The van der Waals surface area contributed by atoms with Gasteiger partial charge in [0.1, 0.15) is 5.01 Å². The number of carbonyl (C=O) groups is 1. The third-order valence-electron chi connectivity index (χ3n) is 3.92. The maximum atomic E-state index is 12.2. The molecule has 2 aromatic carbocycles. The lowest BCUT2D eigenvalue weighted by molar-refractivity contribution is -0.115. The molecule has 0 radical (unpaired) electrons. The van der Waals surface area contributed by atoms with E-state index < -0.39 is 0 Å². The number of thiophene rings is 1. The highest BCUT2D eigenvalue weighted by Gasteiger charge is 2.09. The second-order valence-corrected chi connectivity index (χ2v) is 9.58. The van der Waals surface area contributed by atoms with Crippen LogP contribution in [0.25, 0.3) is 20.8 Å². The van der Waals surface area contributed by atoms with Crippen molar-refractivity contribution in [2.75, 3.05) is 5.32 Å². The maximum Gasteiger partial charge on any atom is 0.229 e. The van der Waals surface area contributed by atoms with Gasteiger partial charge in [-0.15, -0.1) is 22.7 Å². The Bertz CT molecular complexity index is 1080. The van der Waals surface area contributed by atoms with Crippen molar-refractivity contribution >= 4 is 60.4 Å². The number of aryl methyl sites for hydroxylation is 1. The van der Waals surface area contributed by atoms with Gasteiger partial charge in [0.15, 0.2) is 0 Å². The van der Waals surface area contributed by atoms with Gasteiger partial charge in [-0.05, 0) is 76.9 Å². The van der Waals surface area contributed by atoms with E-state index in [-0.39, 0.29) is 5.91 Å². The predicted molar refractivity (Wildman–Crippen MR) is 114 cm³/mol. The molecule has 1 N–H and O–H groups in total. The Labute approximate surface area is 167 Å². The number of fused-ring (bicyclic) bond motifs is 1. The van der Waals surface area contributed by atoms with Crippen molar-refractivity contribution in [3.8, 4) is 10.6 Å². The first-order valence-corrected chi connectivity index (χ1v) is 10.5. The zero-order valence-electron chi connectivity index (χ0n) is 14.0. The highest BCUT2D eigenvalue weighted by atomic mass is 79.9. The number of nitrogens with zero attached hydrogens (tertiary/aromatic N) is 1. The highest BCUT2D eigenvalue weighted by Crippen LogP contribution is 2.31. The Balaban J connectivity index is 1.48. The third-order valence-corrected chi connectivity index (χ3v) is 6.61. The average Bonchev–Trinajstić information content (AvgIpc) is 3.21. The summed E-state index contributed by atoms with van der Waals surface area (Å²) >= 11 is 6.68. The minimum atomic E-state index is -0.0115. The van der Waals surface area contributed by atoms with Crippen LogP contribution in [-0.2, 0) is 11.2 Å². The van der Waals surface area contributed by atoms with Crippen LogP contribution < -0.4 is 5.32 Å². The van der Waals surface area contributed by atoms with Crippen LogP contribution in [-0.4, -0.2) is 10.9 Å². The van der Waals surface area contributed by atoms with Crippen molar-refractivity contribution in [1.29, 1.82) is 0 Å². The number of nitrogens with one attached hydrogen (secondary N) is 1. The third kappa shape index (κ3) is 3.87. The Morgan fingerprint density at radius 1 is 1.08 bits per heavy atom. The van der Waals surface area contributed by atoms with Gasteiger partial charge >= 0.3 is 0 Å². The smallest absolute Gasteiger partial charge is 0.229 e. The molecule has 0 unspecified atom stereocenters. The van der Waals surface area contributed by atoms with Crippen LogP contribution in [0.1, 0.15) is 10.4 Å². The molecule has 4 rings (SSSR count). The molecule has 1 amide bonds. The molecule has 6 heteroatoms. The summed E-state index contributed by atoms with van der Waals surface area (Å²) in [6, 6.07) is 18.1. The van der Waals surface area contributed by atoms with E-state index in [9.17, 15) is 4.79 Å². The minimum Gasteiger partial charge on any atom is -0.326 e. The number of rotatable bonds is 4. The molecule has 2 heterocycles. The summed E-state index contributed by atoms with van der Waals surface area (Å²) < 4.78 is 2.23. The molecule has 130 valence electrons. The second kappa shape index (κ2) is 7.31. The highest BCUT2D eigenvalue weighted by molar-refractivity contribution is 9.11. The quantitative estimate of drug-likeness (QED) is 0.404.